The lowest BCUT2D eigenvalue weighted by molar-refractivity contribution is 0.0160. The first-order chi connectivity index (χ1) is 8.04. The number of nitrogens with one attached hydrogen (secondary N) is 1. The van der Waals surface area contributed by atoms with Crippen molar-refractivity contribution in [2.45, 2.75) is 76.4 Å². The second-order valence-electron chi connectivity index (χ2n) is 5.88. The van der Waals surface area contributed by atoms with E-state index < -0.39 is 5.60 Å². The Morgan fingerprint density at radius 3 is 2.24 bits per heavy atom. The molecule has 0 aliphatic heterocycles. The van der Waals surface area contributed by atoms with Crippen molar-refractivity contribution in [1.82, 2.24) is 5.32 Å². The maximum atomic E-state index is 10.6. The second-order valence-corrected chi connectivity index (χ2v) is 5.88. The van der Waals surface area contributed by atoms with Crippen LogP contribution in [0.5, 0.6) is 0 Å². The highest BCUT2D eigenvalue weighted by Crippen LogP contribution is 2.27. The van der Waals surface area contributed by atoms with Crippen LogP contribution < -0.4 is 5.32 Å². The topological polar surface area (TPSA) is 52.5 Å². The molecule has 0 heterocycles. The Bertz CT molecular complexity index is 212. The highest BCUT2D eigenvalue weighted by Gasteiger charge is 2.31. The van der Waals surface area contributed by atoms with Gasteiger partial charge < -0.3 is 15.5 Å². The maximum Gasteiger partial charge on any atom is 0.0771 e. The fourth-order valence-electron chi connectivity index (χ4n) is 2.58. The van der Waals surface area contributed by atoms with Gasteiger partial charge in [0.25, 0.3) is 0 Å². The molecule has 3 nitrogen and oxygen atoms in total. The summed E-state index contributed by atoms with van der Waals surface area (Å²) in [5, 5.41) is 23.1. The Morgan fingerprint density at radius 2 is 1.76 bits per heavy atom. The van der Waals surface area contributed by atoms with Crippen LogP contribution in [0.25, 0.3) is 0 Å². The van der Waals surface area contributed by atoms with Crippen molar-refractivity contribution in [3.63, 3.8) is 0 Å². The van der Waals surface area contributed by atoms with Crippen LogP contribution in [0.2, 0.25) is 0 Å². The molecule has 0 spiro atoms. The van der Waals surface area contributed by atoms with Crippen LogP contribution in [-0.4, -0.2) is 34.5 Å². The Morgan fingerprint density at radius 1 is 1.18 bits per heavy atom. The maximum absolute atomic E-state index is 10.6. The molecule has 1 atom stereocenters. The average Bonchev–Trinajstić information content (AvgIpc) is 2.53. The summed E-state index contributed by atoms with van der Waals surface area (Å²) in [5.74, 6) is 0. The zero-order chi connectivity index (χ0) is 12.8. The third-order valence-corrected chi connectivity index (χ3v) is 4.32. The van der Waals surface area contributed by atoms with Crippen molar-refractivity contribution in [3.05, 3.63) is 0 Å². The Hall–Kier alpha value is -0.120. The van der Waals surface area contributed by atoms with E-state index in [0.29, 0.717) is 6.54 Å². The number of rotatable bonds is 6. The summed E-state index contributed by atoms with van der Waals surface area (Å²) >= 11 is 0. The summed E-state index contributed by atoms with van der Waals surface area (Å²) in [5.41, 5.74) is -0.570. The third kappa shape index (κ3) is 4.94. The fraction of sp³-hybridized carbons (Fsp3) is 1.00. The lowest BCUT2D eigenvalue weighted by Crippen LogP contribution is -2.50. The molecule has 1 aliphatic carbocycles. The molecule has 0 radical (unpaired) electrons. The van der Waals surface area contributed by atoms with Gasteiger partial charge in [0.05, 0.1) is 5.60 Å². The number of aliphatic hydroxyl groups is 2. The van der Waals surface area contributed by atoms with Gasteiger partial charge in [-0.25, -0.2) is 0 Å². The number of aliphatic hydroxyl groups excluding tert-OH is 1. The monoisotopic (exact) mass is 243 g/mol. The van der Waals surface area contributed by atoms with Crippen molar-refractivity contribution in [2.24, 2.45) is 0 Å². The van der Waals surface area contributed by atoms with Gasteiger partial charge in [-0.15, -0.1) is 0 Å². The van der Waals surface area contributed by atoms with E-state index in [4.69, 9.17) is 5.11 Å². The van der Waals surface area contributed by atoms with Crippen LogP contribution in [0.4, 0.5) is 0 Å². The molecule has 1 fully saturated rings. The van der Waals surface area contributed by atoms with Crippen LogP contribution >= 0.6 is 0 Å². The normalized spacial score (nSPS) is 24.0. The van der Waals surface area contributed by atoms with Crippen molar-refractivity contribution >= 4 is 0 Å². The summed E-state index contributed by atoms with van der Waals surface area (Å²) in [6.45, 7) is 5.12. The second kappa shape index (κ2) is 6.72. The first-order valence-electron chi connectivity index (χ1n) is 7.12. The molecular weight excluding hydrogens is 214 g/mol. The van der Waals surface area contributed by atoms with Gasteiger partial charge in [-0.3, -0.25) is 0 Å². The van der Waals surface area contributed by atoms with E-state index >= 15 is 0 Å². The highest BCUT2D eigenvalue weighted by atomic mass is 16.3. The van der Waals surface area contributed by atoms with Gasteiger partial charge in [0.15, 0.2) is 0 Å². The van der Waals surface area contributed by atoms with Crippen molar-refractivity contribution in [1.29, 1.82) is 0 Å². The van der Waals surface area contributed by atoms with E-state index in [1.807, 2.05) is 0 Å². The molecule has 0 amide bonds. The van der Waals surface area contributed by atoms with Gasteiger partial charge in [0.2, 0.25) is 0 Å². The summed E-state index contributed by atoms with van der Waals surface area (Å²) in [4.78, 5) is 0. The van der Waals surface area contributed by atoms with Gasteiger partial charge in [0.1, 0.15) is 0 Å². The smallest absolute Gasteiger partial charge is 0.0771 e. The zero-order valence-electron chi connectivity index (χ0n) is 11.5. The Kier molecular flexibility index (Phi) is 5.90. The van der Waals surface area contributed by atoms with E-state index in [2.05, 4.69) is 19.2 Å². The van der Waals surface area contributed by atoms with Crippen LogP contribution in [0, 0.1) is 0 Å². The summed E-state index contributed by atoms with van der Waals surface area (Å²) in [6, 6.07) is 0. The summed E-state index contributed by atoms with van der Waals surface area (Å²) in [6.07, 6.45) is 8.34. The van der Waals surface area contributed by atoms with Gasteiger partial charge >= 0.3 is 0 Å². The third-order valence-electron chi connectivity index (χ3n) is 4.32. The molecule has 0 bridgehead atoms. The minimum absolute atomic E-state index is 0.0449. The molecule has 1 rings (SSSR count). The molecule has 1 aliphatic rings. The van der Waals surface area contributed by atoms with E-state index in [9.17, 15) is 5.11 Å². The molecule has 0 saturated heterocycles. The highest BCUT2D eigenvalue weighted by molar-refractivity contribution is 4.89. The van der Waals surface area contributed by atoms with Crippen LogP contribution in [0.1, 0.15) is 65.2 Å². The standard InChI is InChI=1S/C14H29NO2/c1-3-13(2,10-11-16)15-12-14(17)8-6-4-5-7-9-14/h15-17H,3-12H2,1-2H3. The number of hydrogen-bond acceptors (Lipinski definition) is 3. The Balaban J connectivity index is 2.46. The van der Waals surface area contributed by atoms with E-state index in [-0.39, 0.29) is 12.1 Å². The van der Waals surface area contributed by atoms with Gasteiger partial charge in [-0.1, -0.05) is 32.6 Å². The summed E-state index contributed by atoms with van der Waals surface area (Å²) < 4.78 is 0. The molecule has 102 valence electrons. The molecule has 0 aromatic carbocycles. The van der Waals surface area contributed by atoms with Crippen molar-refractivity contribution in [2.75, 3.05) is 13.2 Å². The van der Waals surface area contributed by atoms with Crippen molar-refractivity contribution in [3.8, 4) is 0 Å². The van der Waals surface area contributed by atoms with E-state index in [1.165, 1.54) is 12.8 Å². The molecule has 0 aromatic rings. The van der Waals surface area contributed by atoms with E-state index in [0.717, 1.165) is 38.5 Å². The SMILES string of the molecule is CCC(C)(CCO)NCC1(O)CCCCCC1. The first-order valence-corrected chi connectivity index (χ1v) is 7.12. The molecule has 3 N–H and O–H groups in total. The molecular formula is C14H29NO2. The molecule has 1 unspecified atom stereocenters. The predicted octanol–water partition coefficient (Wildman–Crippen LogP) is 2.21. The quantitative estimate of drug-likeness (QED) is 0.627. The summed E-state index contributed by atoms with van der Waals surface area (Å²) in [7, 11) is 0. The van der Waals surface area contributed by atoms with Gasteiger partial charge in [0, 0.05) is 18.7 Å². The lowest BCUT2D eigenvalue weighted by atomic mass is 9.90. The van der Waals surface area contributed by atoms with Crippen LogP contribution in [-0.2, 0) is 0 Å². The van der Waals surface area contributed by atoms with Crippen LogP contribution in [0.15, 0.2) is 0 Å². The molecule has 17 heavy (non-hydrogen) atoms. The molecule has 1 saturated carbocycles. The van der Waals surface area contributed by atoms with Gasteiger partial charge in [-0.05, 0) is 32.6 Å². The minimum Gasteiger partial charge on any atom is -0.396 e. The van der Waals surface area contributed by atoms with Gasteiger partial charge in [-0.2, -0.15) is 0 Å². The number of hydrogen-bond donors (Lipinski definition) is 3. The largest absolute Gasteiger partial charge is 0.396 e. The average molecular weight is 243 g/mol. The predicted molar refractivity (Wildman–Crippen MR) is 71.1 cm³/mol. The fourth-order valence-corrected chi connectivity index (χ4v) is 2.58. The minimum atomic E-state index is -0.525. The van der Waals surface area contributed by atoms with E-state index in [1.54, 1.807) is 0 Å². The first kappa shape index (κ1) is 14.9. The van der Waals surface area contributed by atoms with Crippen molar-refractivity contribution < 1.29 is 10.2 Å². The lowest BCUT2D eigenvalue weighted by Gasteiger charge is -2.35. The molecule has 3 heteroatoms. The molecule has 0 aromatic heterocycles. The number of β-amino-alcohol motifs (C(OH)–C–C–N with tert-alkyl or cyclic N) is 1. The Labute approximate surface area is 106 Å². The zero-order valence-corrected chi connectivity index (χ0v) is 11.5. The van der Waals surface area contributed by atoms with Crippen LogP contribution in [0.3, 0.4) is 0 Å².